The predicted molar refractivity (Wildman–Crippen MR) is 62.7 cm³/mol. The summed E-state index contributed by atoms with van der Waals surface area (Å²) < 4.78 is 62.9. The van der Waals surface area contributed by atoms with Crippen molar-refractivity contribution < 1.29 is 22.0 Å². The van der Waals surface area contributed by atoms with E-state index in [1.165, 1.54) is 0 Å². The van der Waals surface area contributed by atoms with E-state index >= 15 is 0 Å². The zero-order chi connectivity index (χ0) is 14.5. The van der Waals surface area contributed by atoms with Crippen LogP contribution >= 0.6 is 0 Å². The maximum absolute atomic E-state index is 13.1. The Hall–Kier alpha value is -1.17. The van der Waals surface area contributed by atoms with Gasteiger partial charge in [0.05, 0.1) is 0 Å². The van der Waals surface area contributed by atoms with E-state index in [4.69, 9.17) is 0 Å². The van der Waals surface area contributed by atoms with Gasteiger partial charge in [0, 0.05) is 18.5 Å². The average molecular weight is 281 g/mol. The molecule has 0 aliphatic heterocycles. The highest BCUT2D eigenvalue weighted by Crippen LogP contribution is 2.28. The van der Waals surface area contributed by atoms with Crippen LogP contribution in [-0.2, 0) is 0 Å². The van der Waals surface area contributed by atoms with Crippen LogP contribution in [0, 0.1) is 11.6 Å². The van der Waals surface area contributed by atoms with Gasteiger partial charge in [-0.05, 0) is 37.1 Å². The second-order valence-electron chi connectivity index (χ2n) is 4.36. The topological polar surface area (TPSA) is 12.0 Å². The van der Waals surface area contributed by atoms with Crippen LogP contribution in [0.25, 0.3) is 0 Å². The van der Waals surface area contributed by atoms with Gasteiger partial charge < -0.3 is 5.32 Å². The van der Waals surface area contributed by atoms with Gasteiger partial charge in [-0.25, -0.2) is 8.78 Å². The van der Waals surface area contributed by atoms with Crippen LogP contribution in [0.4, 0.5) is 22.0 Å². The first-order valence-corrected chi connectivity index (χ1v) is 6.08. The summed E-state index contributed by atoms with van der Waals surface area (Å²) in [6.45, 7) is 2.35. The molecule has 0 bridgehead atoms. The fourth-order valence-corrected chi connectivity index (χ4v) is 1.79. The molecule has 1 atom stereocenters. The summed E-state index contributed by atoms with van der Waals surface area (Å²) in [7, 11) is 0. The molecule has 1 aromatic rings. The van der Waals surface area contributed by atoms with Crippen LogP contribution in [0.15, 0.2) is 18.2 Å². The van der Waals surface area contributed by atoms with Crippen molar-refractivity contribution in [3.63, 3.8) is 0 Å². The van der Waals surface area contributed by atoms with Crippen LogP contribution in [0.3, 0.4) is 0 Å². The third kappa shape index (κ3) is 6.00. The number of alkyl halides is 3. The molecular formula is C13H16F5N. The molecule has 1 unspecified atom stereocenters. The molecule has 19 heavy (non-hydrogen) atoms. The number of nitrogens with one attached hydrogen (secondary N) is 1. The van der Waals surface area contributed by atoms with Crippen molar-refractivity contribution in [2.24, 2.45) is 0 Å². The molecule has 0 radical (unpaired) electrons. The molecular weight excluding hydrogens is 265 g/mol. The largest absolute Gasteiger partial charge is 0.389 e. The van der Waals surface area contributed by atoms with Crippen molar-refractivity contribution >= 4 is 0 Å². The fourth-order valence-electron chi connectivity index (χ4n) is 1.79. The van der Waals surface area contributed by atoms with Crippen molar-refractivity contribution in [3.05, 3.63) is 35.4 Å². The molecule has 1 aromatic carbocycles. The summed E-state index contributed by atoms with van der Waals surface area (Å²) in [4.78, 5) is 0. The molecule has 0 amide bonds. The van der Waals surface area contributed by atoms with Crippen LogP contribution in [0.1, 0.15) is 37.8 Å². The minimum atomic E-state index is -4.28. The normalized spacial score (nSPS) is 13.6. The average Bonchev–Trinajstić information content (AvgIpc) is 2.26. The Morgan fingerprint density at radius 2 is 1.68 bits per heavy atom. The molecule has 1 rings (SSSR count). The summed E-state index contributed by atoms with van der Waals surface area (Å²) in [6, 6.07) is 2.12. The number of hydrogen-bond acceptors (Lipinski definition) is 1. The highest BCUT2D eigenvalue weighted by molar-refractivity contribution is 5.21. The standard InChI is InChI=1S/C13H16F5N/c1-2-5-19-12(3-4-13(16,17)18)9-6-10(14)8-11(15)7-9/h6-8,12,19H,2-5H2,1H3. The number of benzene rings is 1. The third-order valence-electron chi connectivity index (χ3n) is 2.64. The molecule has 6 heteroatoms. The fraction of sp³-hybridized carbons (Fsp3) is 0.538. The van der Waals surface area contributed by atoms with Gasteiger partial charge in [0.25, 0.3) is 0 Å². The molecule has 0 heterocycles. The van der Waals surface area contributed by atoms with E-state index in [0.29, 0.717) is 12.6 Å². The van der Waals surface area contributed by atoms with Gasteiger partial charge in [0.2, 0.25) is 0 Å². The van der Waals surface area contributed by atoms with Gasteiger partial charge in [-0.3, -0.25) is 0 Å². The monoisotopic (exact) mass is 281 g/mol. The predicted octanol–water partition coefficient (Wildman–Crippen LogP) is 4.35. The van der Waals surface area contributed by atoms with E-state index in [1.54, 1.807) is 0 Å². The Labute approximate surface area is 108 Å². The Kier molecular flexibility index (Phi) is 5.72. The summed E-state index contributed by atoms with van der Waals surface area (Å²) in [5.41, 5.74) is 0.204. The number of hydrogen-bond donors (Lipinski definition) is 1. The second kappa shape index (κ2) is 6.84. The molecule has 0 fully saturated rings. The third-order valence-corrected chi connectivity index (χ3v) is 2.64. The van der Waals surface area contributed by atoms with E-state index in [9.17, 15) is 22.0 Å². The lowest BCUT2D eigenvalue weighted by Crippen LogP contribution is -2.24. The second-order valence-corrected chi connectivity index (χ2v) is 4.36. The van der Waals surface area contributed by atoms with Crippen molar-refractivity contribution in [1.82, 2.24) is 5.32 Å². The summed E-state index contributed by atoms with van der Waals surface area (Å²) >= 11 is 0. The van der Waals surface area contributed by atoms with Crippen LogP contribution in [-0.4, -0.2) is 12.7 Å². The molecule has 1 N–H and O–H groups in total. The highest BCUT2D eigenvalue weighted by atomic mass is 19.4. The molecule has 1 nitrogen and oxygen atoms in total. The van der Waals surface area contributed by atoms with E-state index in [0.717, 1.165) is 18.6 Å². The van der Waals surface area contributed by atoms with Crippen LogP contribution < -0.4 is 5.32 Å². The van der Waals surface area contributed by atoms with Crippen molar-refractivity contribution in [3.8, 4) is 0 Å². The van der Waals surface area contributed by atoms with E-state index in [1.807, 2.05) is 6.92 Å². The molecule has 0 aliphatic carbocycles. The lowest BCUT2D eigenvalue weighted by molar-refractivity contribution is -0.136. The Morgan fingerprint density at radius 1 is 1.11 bits per heavy atom. The maximum atomic E-state index is 13.1. The van der Waals surface area contributed by atoms with Gasteiger partial charge in [-0.2, -0.15) is 13.2 Å². The van der Waals surface area contributed by atoms with Crippen molar-refractivity contribution in [2.75, 3.05) is 6.54 Å². The molecule has 0 spiro atoms. The summed E-state index contributed by atoms with van der Waals surface area (Å²) in [5.74, 6) is -1.57. The van der Waals surface area contributed by atoms with Gasteiger partial charge >= 0.3 is 6.18 Å². The number of halogens is 5. The lowest BCUT2D eigenvalue weighted by atomic mass is 10.0. The SMILES string of the molecule is CCCNC(CCC(F)(F)F)c1cc(F)cc(F)c1. The summed E-state index contributed by atoms with van der Waals surface area (Å²) in [6.07, 6.45) is -4.79. The first-order valence-electron chi connectivity index (χ1n) is 6.08. The highest BCUT2D eigenvalue weighted by Gasteiger charge is 2.28. The Morgan fingerprint density at radius 3 is 2.16 bits per heavy atom. The lowest BCUT2D eigenvalue weighted by Gasteiger charge is -2.20. The Balaban J connectivity index is 2.82. The number of rotatable bonds is 6. The molecule has 0 aromatic heterocycles. The van der Waals surface area contributed by atoms with Crippen molar-refractivity contribution in [1.29, 1.82) is 0 Å². The van der Waals surface area contributed by atoms with Crippen LogP contribution in [0.2, 0.25) is 0 Å². The van der Waals surface area contributed by atoms with E-state index in [-0.39, 0.29) is 12.0 Å². The molecule has 0 saturated carbocycles. The first-order chi connectivity index (χ1) is 8.81. The molecule has 108 valence electrons. The maximum Gasteiger partial charge on any atom is 0.389 e. The van der Waals surface area contributed by atoms with Gasteiger partial charge in [-0.1, -0.05) is 6.92 Å². The van der Waals surface area contributed by atoms with Crippen LogP contribution in [0.5, 0.6) is 0 Å². The smallest absolute Gasteiger partial charge is 0.310 e. The van der Waals surface area contributed by atoms with Gasteiger partial charge in [0.15, 0.2) is 0 Å². The first kappa shape index (κ1) is 15.9. The summed E-state index contributed by atoms with van der Waals surface area (Å²) in [5, 5.41) is 2.88. The van der Waals surface area contributed by atoms with Gasteiger partial charge in [-0.15, -0.1) is 0 Å². The zero-order valence-electron chi connectivity index (χ0n) is 10.5. The van der Waals surface area contributed by atoms with E-state index in [2.05, 4.69) is 5.32 Å². The van der Waals surface area contributed by atoms with Crippen molar-refractivity contribution in [2.45, 2.75) is 38.4 Å². The molecule has 0 saturated heterocycles. The van der Waals surface area contributed by atoms with E-state index < -0.39 is 30.3 Å². The quantitative estimate of drug-likeness (QED) is 0.764. The molecule has 0 aliphatic rings. The van der Waals surface area contributed by atoms with Gasteiger partial charge in [0.1, 0.15) is 11.6 Å². The minimum absolute atomic E-state index is 0.204. The minimum Gasteiger partial charge on any atom is -0.310 e. The Bertz CT molecular complexity index is 382. The zero-order valence-corrected chi connectivity index (χ0v) is 10.5.